The average Bonchev–Trinajstić information content (AvgIpc) is 3.54. The van der Waals surface area contributed by atoms with Gasteiger partial charge in [-0.25, -0.2) is 4.98 Å². The Labute approximate surface area is 263 Å². The molecular formula is C38H35N3O4. The molecule has 6 aromatic rings. The van der Waals surface area contributed by atoms with Crippen LogP contribution in [-0.2, 0) is 11.4 Å². The van der Waals surface area contributed by atoms with Crippen molar-refractivity contribution in [2.75, 3.05) is 14.2 Å². The number of carbonyl (C=O) groups is 1. The molecule has 45 heavy (non-hydrogen) atoms. The zero-order valence-corrected chi connectivity index (χ0v) is 25.3. The summed E-state index contributed by atoms with van der Waals surface area (Å²) < 4.78 is 19.4. The van der Waals surface area contributed by atoms with Crippen molar-refractivity contribution < 1.29 is 19.0 Å². The fourth-order valence-corrected chi connectivity index (χ4v) is 5.59. The minimum atomic E-state index is -0.374. The summed E-state index contributed by atoms with van der Waals surface area (Å²) in [4.78, 5) is 18.8. The maximum Gasteiger partial charge on any atom is 0.221 e. The lowest BCUT2D eigenvalue weighted by Gasteiger charge is -2.23. The van der Waals surface area contributed by atoms with Gasteiger partial charge in [0.25, 0.3) is 0 Å². The van der Waals surface area contributed by atoms with Gasteiger partial charge in [0.2, 0.25) is 5.91 Å². The first-order valence-electron chi connectivity index (χ1n) is 14.9. The molecule has 0 bridgehead atoms. The number of fused-ring (bicyclic) bond motifs is 1. The number of nitrogens with zero attached hydrogens (tertiary/aromatic N) is 2. The molecule has 226 valence electrons. The van der Waals surface area contributed by atoms with Gasteiger partial charge in [-0.2, -0.15) is 0 Å². The van der Waals surface area contributed by atoms with Gasteiger partial charge >= 0.3 is 0 Å². The molecule has 2 heterocycles. The van der Waals surface area contributed by atoms with Crippen LogP contribution in [0.2, 0.25) is 0 Å². The minimum Gasteiger partial charge on any atom is -0.497 e. The van der Waals surface area contributed by atoms with Gasteiger partial charge in [-0.1, -0.05) is 91.0 Å². The molecule has 0 radical (unpaired) electrons. The number of carbonyl (C=O) groups excluding carboxylic acids is 1. The van der Waals surface area contributed by atoms with E-state index >= 15 is 0 Å². The highest BCUT2D eigenvalue weighted by molar-refractivity contribution is 5.79. The highest BCUT2D eigenvalue weighted by Gasteiger charge is 2.26. The quantitative estimate of drug-likeness (QED) is 0.160. The van der Waals surface area contributed by atoms with Gasteiger partial charge in [0.1, 0.15) is 18.1 Å². The molecule has 0 spiro atoms. The molecular weight excluding hydrogens is 562 g/mol. The molecule has 2 aromatic heterocycles. The summed E-state index contributed by atoms with van der Waals surface area (Å²) in [6.45, 7) is 0.419. The van der Waals surface area contributed by atoms with Crippen LogP contribution < -0.4 is 19.5 Å². The van der Waals surface area contributed by atoms with Crippen molar-refractivity contribution in [1.82, 2.24) is 14.7 Å². The van der Waals surface area contributed by atoms with Crippen molar-refractivity contribution in [3.05, 3.63) is 162 Å². The number of hydrogen-bond donors (Lipinski definition) is 1. The Morgan fingerprint density at radius 2 is 1.36 bits per heavy atom. The monoisotopic (exact) mass is 597 g/mol. The van der Waals surface area contributed by atoms with Gasteiger partial charge < -0.3 is 23.9 Å². The summed E-state index contributed by atoms with van der Waals surface area (Å²) in [5.74, 6) is 1.46. The van der Waals surface area contributed by atoms with Crippen LogP contribution in [0.15, 0.2) is 134 Å². The summed E-state index contributed by atoms with van der Waals surface area (Å²) in [5, 5.41) is 3.31. The molecule has 7 nitrogen and oxygen atoms in total. The number of rotatable bonds is 12. The van der Waals surface area contributed by atoms with Crippen LogP contribution in [0.5, 0.6) is 17.2 Å². The second-order valence-electron chi connectivity index (χ2n) is 10.7. The zero-order valence-electron chi connectivity index (χ0n) is 25.3. The predicted octanol–water partition coefficient (Wildman–Crippen LogP) is 7.36. The topological polar surface area (TPSA) is 74.1 Å². The highest BCUT2D eigenvalue weighted by atomic mass is 16.5. The third kappa shape index (κ3) is 6.83. The molecule has 6 rings (SSSR count). The molecule has 1 amide bonds. The van der Waals surface area contributed by atoms with Crippen molar-refractivity contribution in [3.8, 4) is 17.2 Å². The fourth-order valence-electron chi connectivity index (χ4n) is 5.59. The van der Waals surface area contributed by atoms with Crippen molar-refractivity contribution in [1.29, 1.82) is 0 Å². The van der Waals surface area contributed by atoms with E-state index in [1.54, 1.807) is 14.2 Å². The number of ether oxygens (including phenoxy) is 3. The number of nitrogens with one attached hydrogen (secondary N) is 1. The molecule has 1 atom stereocenters. The summed E-state index contributed by atoms with van der Waals surface area (Å²) >= 11 is 0. The predicted molar refractivity (Wildman–Crippen MR) is 175 cm³/mol. The van der Waals surface area contributed by atoms with Gasteiger partial charge in [-0.05, 0) is 46.5 Å². The Kier molecular flexibility index (Phi) is 9.06. The lowest BCUT2D eigenvalue weighted by atomic mass is 9.91. The van der Waals surface area contributed by atoms with E-state index in [9.17, 15) is 4.79 Å². The average molecular weight is 598 g/mol. The third-order valence-electron chi connectivity index (χ3n) is 7.86. The fraction of sp³-hybridized carbons (Fsp3) is 0.158. The van der Waals surface area contributed by atoms with E-state index in [0.717, 1.165) is 27.9 Å². The number of imidazole rings is 1. The Bertz CT molecular complexity index is 1800. The maximum absolute atomic E-state index is 14.0. The van der Waals surface area contributed by atoms with Crippen LogP contribution in [0, 0.1) is 0 Å². The lowest BCUT2D eigenvalue weighted by Crippen LogP contribution is -2.30. The van der Waals surface area contributed by atoms with Crippen molar-refractivity contribution >= 4 is 11.6 Å². The van der Waals surface area contributed by atoms with Crippen LogP contribution in [0.4, 0.5) is 0 Å². The van der Waals surface area contributed by atoms with E-state index in [0.29, 0.717) is 29.5 Å². The van der Waals surface area contributed by atoms with Gasteiger partial charge in [-0.15, -0.1) is 0 Å². The second kappa shape index (κ2) is 13.8. The van der Waals surface area contributed by atoms with E-state index in [1.807, 2.05) is 138 Å². The molecule has 4 aromatic carbocycles. The smallest absolute Gasteiger partial charge is 0.221 e. The first-order valence-corrected chi connectivity index (χ1v) is 14.9. The van der Waals surface area contributed by atoms with Crippen molar-refractivity contribution in [2.45, 2.75) is 25.0 Å². The molecule has 1 N–H and O–H groups in total. The minimum absolute atomic E-state index is 0.106. The molecule has 0 saturated heterocycles. The van der Waals surface area contributed by atoms with Gasteiger partial charge in [-0.3, -0.25) is 4.79 Å². The first-order chi connectivity index (χ1) is 22.1. The molecule has 0 unspecified atom stereocenters. The van der Waals surface area contributed by atoms with Gasteiger partial charge in [0.15, 0.2) is 11.4 Å². The highest BCUT2D eigenvalue weighted by Crippen LogP contribution is 2.36. The normalized spacial score (nSPS) is 11.7. The van der Waals surface area contributed by atoms with Crippen molar-refractivity contribution in [3.63, 3.8) is 0 Å². The van der Waals surface area contributed by atoms with Crippen LogP contribution in [0.25, 0.3) is 5.65 Å². The van der Waals surface area contributed by atoms with E-state index < -0.39 is 0 Å². The van der Waals surface area contributed by atoms with E-state index in [-0.39, 0.29) is 24.3 Å². The lowest BCUT2D eigenvalue weighted by molar-refractivity contribution is -0.121. The Morgan fingerprint density at radius 1 is 0.756 bits per heavy atom. The molecule has 0 fully saturated rings. The van der Waals surface area contributed by atoms with Crippen LogP contribution in [0.3, 0.4) is 0 Å². The maximum atomic E-state index is 14.0. The summed E-state index contributed by atoms with van der Waals surface area (Å²) in [7, 11) is 3.24. The van der Waals surface area contributed by atoms with Crippen LogP contribution >= 0.6 is 0 Å². The standard InChI is InChI=1S/C38H35N3O4/c1-43-31-21-30(22-32(23-31)44-2)33(24-36(42)40-37(28-15-8-4-9-16-28)29-17-10-5-11-18-29)34-25-39-38-35(19-12-20-41(34)38)45-26-27-13-6-3-7-14-27/h3-23,25,33,37H,24,26H2,1-2H3,(H,40,42)/t33-/m0/s1. The van der Waals surface area contributed by atoms with Gasteiger partial charge in [0, 0.05) is 30.8 Å². The number of hydrogen-bond acceptors (Lipinski definition) is 5. The zero-order chi connectivity index (χ0) is 31.0. The van der Waals surface area contributed by atoms with E-state index in [2.05, 4.69) is 5.32 Å². The van der Waals surface area contributed by atoms with Gasteiger partial charge in [0.05, 0.1) is 26.0 Å². The number of pyridine rings is 1. The Morgan fingerprint density at radius 3 is 1.96 bits per heavy atom. The van der Waals surface area contributed by atoms with E-state index in [1.165, 1.54) is 0 Å². The van der Waals surface area contributed by atoms with E-state index in [4.69, 9.17) is 19.2 Å². The van der Waals surface area contributed by atoms with Crippen molar-refractivity contribution in [2.24, 2.45) is 0 Å². The molecule has 0 saturated carbocycles. The summed E-state index contributed by atoms with van der Waals surface area (Å²) in [6.07, 6.45) is 3.93. The molecule has 0 aliphatic rings. The summed E-state index contributed by atoms with van der Waals surface area (Å²) in [5.41, 5.74) is 5.47. The molecule has 0 aliphatic carbocycles. The first kappa shape index (κ1) is 29.5. The number of amides is 1. The Balaban J connectivity index is 1.36. The summed E-state index contributed by atoms with van der Waals surface area (Å²) in [6, 6.07) is 39.3. The van der Waals surface area contributed by atoms with Crippen LogP contribution in [-0.4, -0.2) is 29.5 Å². The van der Waals surface area contributed by atoms with Crippen LogP contribution in [0.1, 0.15) is 46.3 Å². The molecule has 7 heteroatoms. The number of benzene rings is 4. The largest absolute Gasteiger partial charge is 0.497 e. The Hall–Kier alpha value is -5.56. The second-order valence-corrected chi connectivity index (χ2v) is 10.7. The molecule has 0 aliphatic heterocycles. The SMILES string of the molecule is COc1cc(OC)cc([C@H](CC(=O)NC(c2ccccc2)c2ccccc2)c2cnc3c(OCc4ccccc4)cccn23)c1. The third-order valence-corrected chi connectivity index (χ3v) is 7.86. The number of aromatic nitrogens is 2. The number of methoxy groups -OCH3 is 2.